The number of rotatable bonds is 4. The summed E-state index contributed by atoms with van der Waals surface area (Å²) in [5.74, 6) is -0.136. The van der Waals surface area contributed by atoms with Crippen LogP contribution >= 0.6 is 11.3 Å². The summed E-state index contributed by atoms with van der Waals surface area (Å²) in [7, 11) is 0. The highest BCUT2D eigenvalue weighted by atomic mass is 32.1. The summed E-state index contributed by atoms with van der Waals surface area (Å²) in [6, 6.07) is 11.3. The fourth-order valence-corrected chi connectivity index (χ4v) is 2.92. The Morgan fingerprint density at radius 3 is 2.59 bits per heavy atom. The zero-order chi connectivity index (χ0) is 15.4. The first-order valence-corrected chi connectivity index (χ1v) is 7.62. The van der Waals surface area contributed by atoms with Crippen molar-refractivity contribution >= 4 is 17.2 Å². The van der Waals surface area contributed by atoms with E-state index in [4.69, 9.17) is 0 Å². The van der Waals surface area contributed by atoms with Gasteiger partial charge in [-0.15, -0.1) is 11.3 Å². The van der Waals surface area contributed by atoms with E-state index in [1.807, 2.05) is 43.3 Å². The zero-order valence-electron chi connectivity index (χ0n) is 12.0. The lowest BCUT2D eigenvalue weighted by Gasteiger charge is -2.03. The summed E-state index contributed by atoms with van der Waals surface area (Å²) in [6.07, 6.45) is 3.42. The number of nitrogens with one attached hydrogen (secondary N) is 1. The number of pyridine rings is 2. The molecule has 22 heavy (non-hydrogen) atoms. The molecule has 110 valence electrons. The van der Waals surface area contributed by atoms with E-state index in [9.17, 15) is 4.79 Å². The van der Waals surface area contributed by atoms with Crippen LogP contribution in [0.4, 0.5) is 0 Å². The molecule has 0 saturated heterocycles. The third kappa shape index (κ3) is 3.17. The Labute approximate surface area is 132 Å². The number of hydrogen-bond donors (Lipinski definition) is 1. The summed E-state index contributed by atoms with van der Waals surface area (Å²) >= 11 is 1.35. The number of amides is 1. The first kappa shape index (κ1) is 14.3. The Hall–Kier alpha value is -2.60. The Morgan fingerprint density at radius 2 is 1.91 bits per heavy atom. The second kappa shape index (κ2) is 6.44. The highest BCUT2D eigenvalue weighted by Gasteiger charge is 2.16. The Kier molecular flexibility index (Phi) is 4.20. The Bertz CT molecular complexity index is 771. The number of aryl methyl sites for hydroxylation is 1. The van der Waals surface area contributed by atoms with E-state index in [0.29, 0.717) is 17.1 Å². The molecule has 0 saturated carbocycles. The summed E-state index contributed by atoms with van der Waals surface area (Å²) in [4.78, 5) is 25.8. The van der Waals surface area contributed by atoms with Crippen molar-refractivity contribution in [3.63, 3.8) is 0 Å². The molecule has 3 heterocycles. The van der Waals surface area contributed by atoms with Gasteiger partial charge in [-0.05, 0) is 31.2 Å². The first-order valence-electron chi connectivity index (χ1n) is 6.81. The quantitative estimate of drug-likeness (QED) is 0.804. The van der Waals surface area contributed by atoms with Crippen molar-refractivity contribution in [1.29, 1.82) is 0 Å². The predicted molar refractivity (Wildman–Crippen MR) is 85.5 cm³/mol. The van der Waals surface area contributed by atoms with Gasteiger partial charge in [0.2, 0.25) is 0 Å². The predicted octanol–water partition coefficient (Wildman–Crippen LogP) is 2.84. The average molecular weight is 310 g/mol. The van der Waals surface area contributed by atoms with Gasteiger partial charge in [0, 0.05) is 12.4 Å². The van der Waals surface area contributed by atoms with Gasteiger partial charge in [-0.1, -0.05) is 12.1 Å². The minimum absolute atomic E-state index is 0.136. The van der Waals surface area contributed by atoms with Crippen LogP contribution in [0, 0.1) is 6.92 Å². The molecule has 0 aliphatic heterocycles. The molecular formula is C16H14N4OS. The molecule has 3 aromatic heterocycles. The molecule has 3 rings (SSSR count). The van der Waals surface area contributed by atoms with Crippen molar-refractivity contribution in [3.05, 3.63) is 65.1 Å². The maximum absolute atomic E-state index is 12.3. The van der Waals surface area contributed by atoms with Crippen LogP contribution in [0.25, 0.3) is 10.7 Å². The molecule has 0 aliphatic rings. The second-order valence-corrected chi connectivity index (χ2v) is 5.65. The van der Waals surface area contributed by atoms with Crippen LogP contribution < -0.4 is 5.32 Å². The molecule has 0 atom stereocenters. The molecule has 1 N–H and O–H groups in total. The van der Waals surface area contributed by atoms with E-state index in [1.165, 1.54) is 11.3 Å². The van der Waals surface area contributed by atoms with E-state index in [0.717, 1.165) is 16.4 Å². The summed E-state index contributed by atoms with van der Waals surface area (Å²) in [6.45, 7) is 2.23. The molecule has 1 amide bonds. The number of nitrogens with zero attached hydrogens (tertiary/aromatic N) is 3. The van der Waals surface area contributed by atoms with Crippen LogP contribution in [-0.2, 0) is 6.54 Å². The van der Waals surface area contributed by atoms with E-state index in [2.05, 4.69) is 20.3 Å². The molecule has 0 bridgehead atoms. The first-order chi connectivity index (χ1) is 10.7. The summed E-state index contributed by atoms with van der Waals surface area (Å²) < 4.78 is 0. The fraction of sp³-hybridized carbons (Fsp3) is 0.125. The molecule has 5 nitrogen and oxygen atoms in total. The van der Waals surface area contributed by atoms with Gasteiger partial charge in [0.05, 0.1) is 23.6 Å². The van der Waals surface area contributed by atoms with Gasteiger partial charge in [0.1, 0.15) is 9.88 Å². The smallest absolute Gasteiger partial charge is 0.263 e. The van der Waals surface area contributed by atoms with Crippen LogP contribution in [0.5, 0.6) is 0 Å². The van der Waals surface area contributed by atoms with Gasteiger partial charge in [-0.25, -0.2) is 4.98 Å². The zero-order valence-corrected chi connectivity index (χ0v) is 12.8. The molecule has 0 unspecified atom stereocenters. The lowest BCUT2D eigenvalue weighted by atomic mass is 10.3. The third-order valence-electron chi connectivity index (χ3n) is 3.04. The normalized spacial score (nSPS) is 10.4. The number of carbonyl (C=O) groups is 1. The van der Waals surface area contributed by atoms with Crippen molar-refractivity contribution in [1.82, 2.24) is 20.3 Å². The van der Waals surface area contributed by atoms with Crippen molar-refractivity contribution in [2.45, 2.75) is 13.5 Å². The maximum Gasteiger partial charge on any atom is 0.263 e. The van der Waals surface area contributed by atoms with Gasteiger partial charge in [-0.2, -0.15) is 0 Å². The molecule has 0 fully saturated rings. The van der Waals surface area contributed by atoms with Gasteiger partial charge < -0.3 is 5.32 Å². The minimum Gasteiger partial charge on any atom is -0.346 e. The average Bonchev–Trinajstić information content (AvgIpc) is 2.96. The van der Waals surface area contributed by atoms with Crippen LogP contribution in [0.1, 0.15) is 21.1 Å². The summed E-state index contributed by atoms with van der Waals surface area (Å²) in [5, 5.41) is 3.62. The highest BCUT2D eigenvalue weighted by molar-refractivity contribution is 7.17. The number of thiazole rings is 1. The maximum atomic E-state index is 12.3. The molecular weight excluding hydrogens is 296 g/mol. The highest BCUT2D eigenvalue weighted by Crippen LogP contribution is 2.26. The van der Waals surface area contributed by atoms with E-state index in [1.54, 1.807) is 12.4 Å². The monoisotopic (exact) mass is 310 g/mol. The van der Waals surface area contributed by atoms with Crippen LogP contribution in [-0.4, -0.2) is 20.9 Å². The number of aromatic nitrogens is 3. The molecule has 0 spiro atoms. The Morgan fingerprint density at radius 1 is 1.14 bits per heavy atom. The van der Waals surface area contributed by atoms with E-state index in [-0.39, 0.29) is 5.91 Å². The van der Waals surface area contributed by atoms with Crippen molar-refractivity contribution in [2.75, 3.05) is 0 Å². The fourth-order valence-electron chi connectivity index (χ4n) is 1.96. The molecule has 3 aromatic rings. The largest absolute Gasteiger partial charge is 0.346 e. The molecule has 6 heteroatoms. The van der Waals surface area contributed by atoms with Crippen molar-refractivity contribution < 1.29 is 4.79 Å². The van der Waals surface area contributed by atoms with Crippen LogP contribution in [0.2, 0.25) is 0 Å². The molecule has 0 radical (unpaired) electrons. The van der Waals surface area contributed by atoms with Gasteiger partial charge in [0.15, 0.2) is 0 Å². The van der Waals surface area contributed by atoms with Gasteiger partial charge >= 0.3 is 0 Å². The van der Waals surface area contributed by atoms with Crippen LogP contribution in [0.15, 0.2) is 48.8 Å². The second-order valence-electron chi connectivity index (χ2n) is 4.65. The SMILES string of the molecule is Cc1nc(-c2ccccn2)sc1C(=O)NCc1ccccn1. The van der Waals surface area contributed by atoms with E-state index < -0.39 is 0 Å². The number of hydrogen-bond acceptors (Lipinski definition) is 5. The van der Waals surface area contributed by atoms with E-state index >= 15 is 0 Å². The Balaban J connectivity index is 1.74. The van der Waals surface area contributed by atoms with Crippen LogP contribution in [0.3, 0.4) is 0 Å². The minimum atomic E-state index is -0.136. The summed E-state index contributed by atoms with van der Waals surface area (Å²) in [5.41, 5.74) is 2.31. The van der Waals surface area contributed by atoms with Crippen molar-refractivity contribution in [3.8, 4) is 10.7 Å². The van der Waals surface area contributed by atoms with Crippen molar-refractivity contribution in [2.24, 2.45) is 0 Å². The van der Waals surface area contributed by atoms with Gasteiger partial charge in [-0.3, -0.25) is 14.8 Å². The van der Waals surface area contributed by atoms with Gasteiger partial charge in [0.25, 0.3) is 5.91 Å². The molecule has 0 aromatic carbocycles. The third-order valence-corrected chi connectivity index (χ3v) is 4.22. The number of carbonyl (C=O) groups excluding carboxylic acids is 1. The topological polar surface area (TPSA) is 67.8 Å². The molecule has 0 aliphatic carbocycles. The standard InChI is InChI=1S/C16H14N4OS/c1-11-14(15(21)19-10-12-6-2-4-8-17-12)22-16(20-11)13-7-3-5-9-18-13/h2-9H,10H2,1H3,(H,19,21). The lowest BCUT2D eigenvalue weighted by molar-refractivity contribution is 0.0953. The lowest BCUT2D eigenvalue weighted by Crippen LogP contribution is -2.23.